The van der Waals surface area contributed by atoms with Crippen molar-refractivity contribution in [1.82, 2.24) is 0 Å². The molecule has 25 heavy (non-hydrogen) atoms. The van der Waals surface area contributed by atoms with Gasteiger partial charge in [-0.1, -0.05) is 30.3 Å². The molecule has 0 aliphatic rings. The molecule has 0 aromatic heterocycles. The summed E-state index contributed by atoms with van der Waals surface area (Å²) in [6.45, 7) is 5.82. The van der Waals surface area contributed by atoms with Crippen molar-refractivity contribution in [2.24, 2.45) is 0 Å². The van der Waals surface area contributed by atoms with E-state index in [-0.39, 0.29) is 23.5 Å². The van der Waals surface area contributed by atoms with Crippen molar-refractivity contribution in [2.75, 3.05) is 5.32 Å². The molecule has 132 valence electrons. The first kappa shape index (κ1) is 18.5. The Bertz CT molecular complexity index is 762. The number of carboxylic acids is 1. The van der Waals surface area contributed by atoms with Gasteiger partial charge in [0.25, 0.3) is 0 Å². The largest absolute Gasteiger partial charge is 0.486 e. The molecule has 0 spiro atoms. The zero-order chi connectivity index (χ0) is 18.4. The van der Waals surface area contributed by atoms with Gasteiger partial charge in [-0.2, -0.15) is 0 Å². The minimum absolute atomic E-state index is 0.189. The number of carbonyl (C=O) groups is 2. The van der Waals surface area contributed by atoms with Gasteiger partial charge in [0, 0.05) is 6.42 Å². The van der Waals surface area contributed by atoms with Crippen molar-refractivity contribution in [1.29, 1.82) is 0 Å². The number of hydrogen-bond acceptors (Lipinski definition) is 3. The molecule has 1 amide bonds. The van der Waals surface area contributed by atoms with Crippen molar-refractivity contribution < 1.29 is 19.4 Å². The molecular formula is C20H23NO4. The first-order valence-electron chi connectivity index (χ1n) is 8.15. The summed E-state index contributed by atoms with van der Waals surface area (Å²) in [6, 6.07) is 14.0. The smallest absolute Gasteiger partial charge is 0.335 e. The number of ether oxygens (including phenoxy) is 1. The second-order valence-corrected chi connectivity index (χ2v) is 6.72. The average Bonchev–Trinajstić information content (AvgIpc) is 2.53. The van der Waals surface area contributed by atoms with Gasteiger partial charge in [0.15, 0.2) is 0 Å². The van der Waals surface area contributed by atoms with Gasteiger partial charge in [0.05, 0.1) is 11.3 Å². The summed E-state index contributed by atoms with van der Waals surface area (Å²) < 4.78 is 5.85. The van der Waals surface area contributed by atoms with Gasteiger partial charge in [0.2, 0.25) is 5.91 Å². The summed E-state index contributed by atoms with van der Waals surface area (Å²) >= 11 is 0. The van der Waals surface area contributed by atoms with E-state index < -0.39 is 5.97 Å². The standard InChI is InChI=1S/C20H23NO4/c1-20(2,3)25-17-11-7-6-10-16(17)21-18(22)13-12-14-8-4-5-9-15(14)19(23)24/h4-11H,12-13H2,1-3H3,(H,21,22)(H,23,24). The predicted octanol–water partition coefficient (Wildman–Crippen LogP) is 4.13. The predicted molar refractivity (Wildman–Crippen MR) is 97.2 cm³/mol. The second-order valence-electron chi connectivity index (χ2n) is 6.72. The summed E-state index contributed by atoms with van der Waals surface area (Å²) in [4.78, 5) is 23.5. The lowest BCUT2D eigenvalue weighted by Gasteiger charge is -2.23. The Labute approximate surface area is 147 Å². The topological polar surface area (TPSA) is 75.6 Å². The van der Waals surface area contributed by atoms with Crippen molar-refractivity contribution in [3.05, 3.63) is 59.7 Å². The van der Waals surface area contributed by atoms with Crippen LogP contribution in [0.15, 0.2) is 48.5 Å². The molecule has 0 fully saturated rings. The van der Waals surface area contributed by atoms with Crippen molar-refractivity contribution in [3.8, 4) is 5.75 Å². The Morgan fingerprint density at radius 1 is 1.04 bits per heavy atom. The lowest BCUT2D eigenvalue weighted by molar-refractivity contribution is -0.116. The van der Waals surface area contributed by atoms with Crippen LogP contribution in [0.1, 0.15) is 43.1 Å². The minimum atomic E-state index is -0.986. The Morgan fingerprint density at radius 3 is 2.36 bits per heavy atom. The van der Waals surface area contributed by atoms with Crippen LogP contribution in [0.25, 0.3) is 0 Å². The van der Waals surface area contributed by atoms with E-state index in [1.54, 1.807) is 36.4 Å². The highest BCUT2D eigenvalue weighted by molar-refractivity contribution is 5.93. The molecule has 0 saturated carbocycles. The zero-order valence-corrected chi connectivity index (χ0v) is 14.7. The fourth-order valence-electron chi connectivity index (χ4n) is 2.40. The number of carbonyl (C=O) groups excluding carboxylic acids is 1. The number of carboxylic acid groups (broad SMARTS) is 1. The summed E-state index contributed by atoms with van der Waals surface area (Å²) in [5.74, 6) is -0.570. The number of amides is 1. The Morgan fingerprint density at radius 2 is 1.68 bits per heavy atom. The Hall–Kier alpha value is -2.82. The molecule has 0 atom stereocenters. The highest BCUT2D eigenvalue weighted by Crippen LogP contribution is 2.27. The molecule has 2 N–H and O–H groups in total. The van der Waals surface area contributed by atoms with Crippen LogP contribution < -0.4 is 10.1 Å². The van der Waals surface area contributed by atoms with Crippen LogP contribution in [-0.4, -0.2) is 22.6 Å². The highest BCUT2D eigenvalue weighted by atomic mass is 16.5. The van der Waals surface area contributed by atoms with E-state index in [0.717, 1.165) is 0 Å². The molecule has 2 aromatic rings. The summed E-state index contributed by atoms with van der Waals surface area (Å²) in [5.41, 5.74) is 1.10. The molecular weight excluding hydrogens is 318 g/mol. The molecule has 0 aliphatic heterocycles. The van der Waals surface area contributed by atoms with E-state index in [1.165, 1.54) is 0 Å². The maximum Gasteiger partial charge on any atom is 0.335 e. The van der Waals surface area contributed by atoms with Gasteiger partial charge in [-0.3, -0.25) is 4.79 Å². The van der Waals surface area contributed by atoms with Crippen LogP contribution in [0, 0.1) is 0 Å². The lowest BCUT2D eigenvalue weighted by Crippen LogP contribution is -2.24. The quantitative estimate of drug-likeness (QED) is 0.828. The summed E-state index contributed by atoms with van der Waals surface area (Å²) in [7, 11) is 0. The van der Waals surface area contributed by atoms with Gasteiger partial charge in [0.1, 0.15) is 11.4 Å². The molecule has 2 rings (SSSR count). The third-order valence-corrected chi connectivity index (χ3v) is 3.45. The maximum atomic E-state index is 12.3. The van der Waals surface area contributed by atoms with Gasteiger partial charge < -0.3 is 15.2 Å². The zero-order valence-electron chi connectivity index (χ0n) is 14.7. The molecule has 5 nitrogen and oxygen atoms in total. The summed E-state index contributed by atoms with van der Waals surface area (Å²) in [5, 5.41) is 12.0. The third-order valence-electron chi connectivity index (χ3n) is 3.45. The van der Waals surface area contributed by atoms with Crippen LogP contribution >= 0.6 is 0 Å². The van der Waals surface area contributed by atoms with E-state index in [1.807, 2.05) is 32.9 Å². The van der Waals surface area contributed by atoms with E-state index in [4.69, 9.17) is 4.74 Å². The number of hydrogen-bond donors (Lipinski definition) is 2. The molecule has 0 heterocycles. The number of anilines is 1. The Kier molecular flexibility index (Phi) is 5.80. The first-order chi connectivity index (χ1) is 11.8. The molecule has 0 bridgehead atoms. The number of nitrogens with one attached hydrogen (secondary N) is 1. The molecule has 2 aromatic carbocycles. The van der Waals surface area contributed by atoms with Gasteiger partial charge in [-0.15, -0.1) is 0 Å². The van der Waals surface area contributed by atoms with Crippen LogP contribution in [0.5, 0.6) is 5.75 Å². The molecule has 0 unspecified atom stereocenters. The monoisotopic (exact) mass is 341 g/mol. The number of aryl methyl sites for hydroxylation is 1. The van der Waals surface area contributed by atoms with E-state index in [9.17, 15) is 14.7 Å². The fourth-order valence-corrected chi connectivity index (χ4v) is 2.40. The third kappa shape index (κ3) is 5.64. The normalized spacial score (nSPS) is 11.0. The molecule has 0 aliphatic carbocycles. The number of rotatable bonds is 6. The fraction of sp³-hybridized carbons (Fsp3) is 0.300. The second kappa shape index (κ2) is 7.83. The highest BCUT2D eigenvalue weighted by Gasteiger charge is 2.16. The number of benzene rings is 2. The van der Waals surface area contributed by atoms with Crippen molar-refractivity contribution in [2.45, 2.75) is 39.2 Å². The molecule has 5 heteroatoms. The van der Waals surface area contributed by atoms with Crippen LogP contribution in [0.4, 0.5) is 5.69 Å². The van der Waals surface area contributed by atoms with E-state index >= 15 is 0 Å². The molecule has 0 radical (unpaired) electrons. The van der Waals surface area contributed by atoms with Crippen LogP contribution in [-0.2, 0) is 11.2 Å². The van der Waals surface area contributed by atoms with Crippen LogP contribution in [0.3, 0.4) is 0 Å². The van der Waals surface area contributed by atoms with Crippen LogP contribution in [0.2, 0.25) is 0 Å². The number of aromatic carboxylic acids is 1. The maximum absolute atomic E-state index is 12.3. The van der Waals surface area contributed by atoms with Gasteiger partial charge in [-0.25, -0.2) is 4.79 Å². The first-order valence-corrected chi connectivity index (χ1v) is 8.15. The van der Waals surface area contributed by atoms with Crippen molar-refractivity contribution in [3.63, 3.8) is 0 Å². The Balaban J connectivity index is 2.03. The minimum Gasteiger partial charge on any atom is -0.486 e. The van der Waals surface area contributed by atoms with Crippen molar-refractivity contribution >= 4 is 17.6 Å². The lowest BCUT2D eigenvalue weighted by atomic mass is 10.0. The summed E-state index contributed by atoms with van der Waals surface area (Å²) in [6.07, 6.45) is 0.546. The number of para-hydroxylation sites is 2. The SMILES string of the molecule is CC(C)(C)Oc1ccccc1NC(=O)CCc1ccccc1C(=O)O. The average molecular weight is 341 g/mol. The van der Waals surface area contributed by atoms with E-state index in [0.29, 0.717) is 23.4 Å². The van der Waals surface area contributed by atoms with E-state index in [2.05, 4.69) is 5.32 Å². The molecule has 0 saturated heterocycles. The van der Waals surface area contributed by atoms with Gasteiger partial charge in [-0.05, 0) is 51.0 Å². The van der Waals surface area contributed by atoms with Gasteiger partial charge >= 0.3 is 5.97 Å².